The van der Waals surface area contributed by atoms with Gasteiger partial charge in [-0.2, -0.15) is 0 Å². The average molecular weight is 308 g/mol. The Labute approximate surface area is 128 Å². The van der Waals surface area contributed by atoms with Crippen molar-refractivity contribution in [2.75, 3.05) is 5.32 Å². The van der Waals surface area contributed by atoms with Gasteiger partial charge in [0.25, 0.3) is 0 Å². The number of benzene rings is 2. The van der Waals surface area contributed by atoms with Crippen molar-refractivity contribution in [2.24, 2.45) is 0 Å². The molecule has 0 radical (unpaired) electrons. The van der Waals surface area contributed by atoms with Gasteiger partial charge in [0.05, 0.1) is 0 Å². The molecule has 0 heterocycles. The molecule has 2 aromatic carbocycles. The number of nitrogens with one attached hydrogen (secondary N) is 1. The van der Waals surface area contributed by atoms with Gasteiger partial charge in [-0.3, -0.25) is 4.79 Å². The van der Waals surface area contributed by atoms with Crippen LogP contribution in [0.4, 0.5) is 5.69 Å². The number of hydrogen-bond donors (Lipinski definition) is 1. The van der Waals surface area contributed by atoms with E-state index in [-0.39, 0.29) is 5.91 Å². The van der Waals surface area contributed by atoms with Crippen LogP contribution in [0.15, 0.2) is 42.5 Å². The summed E-state index contributed by atoms with van der Waals surface area (Å²) in [5, 5.41) is 4.05. The third kappa shape index (κ3) is 3.99. The molecule has 0 saturated carbocycles. The second kappa shape index (κ2) is 6.78. The summed E-state index contributed by atoms with van der Waals surface area (Å²) in [5.74, 6) is -0.0511. The monoisotopic (exact) mass is 307 g/mol. The van der Waals surface area contributed by atoms with Gasteiger partial charge in [-0.25, -0.2) is 0 Å². The van der Waals surface area contributed by atoms with Crippen LogP contribution >= 0.6 is 23.2 Å². The van der Waals surface area contributed by atoms with E-state index < -0.39 is 0 Å². The van der Waals surface area contributed by atoms with Crippen LogP contribution < -0.4 is 5.32 Å². The van der Waals surface area contributed by atoms with Gasteiger partial charge in [-0.15, -0.1) is 0 Å². The summed E-state index contributed by atoms with van der Waals surface area (Å²) < 4.78 is 0. The Morgan fingerprint density at radius 2 is 1.65 bits per heavy atom. The molecule has 0 saturated heterocycles. The van der Waals surface area contributed by atoms with Crippen molar-refractivity contribution < 1.29 is 4.79 Å². The largest absolute Gasteiger partial charge is 0.326 e. The van der Waals surface area contributed by atoms with Crippen LogP contribution in [0.1, 0.15) is 17.5 Å². The lowest BCUT2D eigenvalue weighted by atomic mass is 10.1. The first kappa shape index (κ1) is 14.9. The second-order valence-corrected chi connectivity index (χ2v) is 5.43. The van der Waals surface area contributed by atoms with E-state index in [1.165, 1.54) is 0 Å². The molecule has 0 spiro atoms. The summed E-state index contributed by atoms with van der Waals surface area (Å²) in [4.78, 5) is 11.9. The highest BCUT2D eigenvalue weighted by molar-refractivity contribution is 6.36. The molecule has 0 aliphatic heterocycles. The van der Waals surface area contributed by atoms with Crippen molar-refractivity contribution in [3.63, 3.8) is 0 Å². The lowest BCUT2D eigenvalue weighted by Gasteiger charge is -2.08. The highest BCUT2D eigenvalue weighted by Gasteiger charge is 2.08. The van der Waals surface area contributed by atoms with Crippen LogP contribution in [0.3, 0.4) is 0 Å². The van der Waals surface area contributed by atoms with Crippen molar-refractivity contribution in [3.05, 3.63) is 63.6 Å². The third-order valence-corrected chi connectivity index (χ3v) is 3.71. The molecule has 0 atom stereocenters. The molecule has 1 N–H and O–H groups in total. The Morgan fingerprint density at radius 1 is 1.05 bits per heavy atom. The molecule has 4 heteroatoms. The van der Waals surface area contributed by atoms with E-state index in [9.17, 15) is 4.79 Å². The van der Waals surface area contributed by atoms with Crippen LogP contribution in [0.25, 0.3) is 0 Å². The van der Waals surface area contributed by atoms with E-state index in [4.69, 9.17) is 23.2 Å². The fourth-order valence-corrected chi connectivity index (χ4v) is 2.46. The number of amides is 1. The van der Waals surface area contributed by atoms with Gasteiger partial charge < -0.3 is 5.32 Å². The summed E-state index contributed by atoms with van der Waals surface area (Å²) in [6.07, 6.45) is 0.869. The summed E-state index contributed by atoms with van der Waals surface area (Å²) in [5.41, 5.74) is 2.77. The molecular formula is C16H15Cl2NO. The normalized spacial score (nSPS) is 10.3. The molecule has 0 unspecified atom stereocenters. The topological polar surface area (TPSA) is 29.1 Å². The lowest BCUT2D eigenvalue weighted by molar-refractivity contribution is -0.116. The van der Waals surface area contributed by atoms with Crippen LogP contribution in [0, 0.1) is 6.92 Å². The predicted octanol–water partition coefficient (Wildman–Crippen LogP) is 4.87. The summed E-state index contributed by atoms with van der Waals surface area (Å²) in [6.45, 7) is 2.00. The smallest absolute Gasteiger partial charge is 0.224 e. The maximum atomic E-state index is 11.9. The molecule has 0 bridgehead atoms. The Balaban J connectivity index is 1.94. The molecule has 2 nitrogen and oxygen atoms in total. The Hall–Kier alpha value is -1.51. The van der Waals surface area contributed by atoms with Crippen molar-refractivity contribution in [3.8, 4) is 0 Å². The highest BCUT2D eigenvalue weighted by Crippen LogP contribution is 2.25. The Bertz CT molecular complexity index is 588. The average Bonchev–Trinajstić information content (AvgIpc) is 2.41. The van der Waals surface area contributed by atoms with Gasteiger partial charge in [0.1, 0.15) is 0 Å². The lowest BCUT2D eigenvalue weighted by Crippen LogP contribution is -2.12. The number of anilines is 1. The van der Waals surface area contributed by atoms with Gasteiger partial charge >= 0.3 is 0 Å². The minimum Gasteiger partial charge on any atom is -0.326 e. The van der Waals surface area contributed by atoms with Gasteiger partial charge in [-0.05, 0) is 43.2 Å². The zero-order valence-corrected chi connectivity index (χ0v) is 12.6. The van der Waals surface area contributed by atoms with E-state index in [1.54, 1.807) is 18.2 Å². The van der Waals surface area contributed by atoms with Crippen LogP contribution in [-0.2, 0) is 11.2 Å². The van der Waals surface area contributed by atoms with Gasteiger partial charge in [-0.1, -0.05) is 47.0 Å². The number of halogens is 2. The molecule has 2 aromatic rings. The molecular weight excluding hydrogens is 293 g/mol. The molecule has 0 fully saturated rings. The third-order valence-electron chi connectivity index (χ3n) is 3.00. The summed E-state index contributed by atoms with van der Waals surface area (Å²) >= 11 is 12.1. The van der Waals surface area contributed by atoms with Gasteiger partial charge in [0.15, 0.2) is 0 Å². The molecule has 0 aliphatic carbocycles. The van der Waals surface area contributed by atoms with E-state index in [0.717, 1.165) is 16.8 Å². The Kier molecular flexibility index (Phi) is 5.05. The quantitative estimate of drug-likeness (QED) is 0.857. The number of rotatable bonds is 4. The molecule has 0 aliphatic rings. The van der Waals surface area contributed by atoms with E-state index in [0.29, 0.717) is 22.9 Å². The first-order valence-electron chi connectivity index (χ1n) is 6.35. The van der Waals surface area contributed by atoms with Crippen molar-refractivity contribution in [1.82, 2.24) is 0 Å². The Morgan fingerprint density at radius 3 is 2.25 bits per heavy atom. The molecule has 1 amide bonds. The maximum absolute atomic E-state index is 11.9. The standard InChI is InChI=1S/C16H15Cl2NO/c1-11-5-7-12(8-6-11)19-16(20)10-9-13-14(17)3-2-4-15(13)18/h2-8H,9-10H2,1H3,(H,19,20). The summed E-state index contributed by atoms with van der Waals surface area (Å²) in [6, 6.07) is 13.0. The van der Waals surface area contributed by atoms with Crippen molar-refractivity contribution in [2.45, 2.75) is 19.8 Å². The van der Waals surface area contributed by atoms with E-state index in [2.05, 4.69) is 5.32 Å². The maximum Gasteiger partial charge on any atom is 0.224 e. The molecule has 20 heavy (non-hydrogen) atoms. The first-order valence-corrected chi connectivity index (χ1v) is 7.11. The fourth-order valence-electron chi connectivity index (χ4n) is 1.87. The molecule has 0 aromatic heterocycles. The number of carbonyl (C=O) groups is 1. The molecule has 104 valence electrons. The first-order chi connectivity index (χ1) is 9.56. The van der Waals surface area contributed by atoms with Crippen LogP contribution in [0.5, 0.6) is 0 Å². The second-order valence-electron chi connectivity index (χ2n) is 4.61. The SMILES string of the molecule is Cc1ccc(NC(=O)CCc2c(Cl)cccc2Cl)cc1. The van der Waals surface area contributed by atoms with Crippen molar-refractivity contribution >= 4 is 34.8 Å². The van der Waals surface area contributed by atoms with E-state index >= 15 is 0 Å². The van der Waals surface area contributed by atoms with E-state index in [1.807, 2.05) is 31.2 Å². The zero-order valence-electron chi connectivity index (χ0n) is 11.1. The number of aryl methyl sites for hydroxylation is 1. The van der Waals surface area contributed by atoms with Crippen LogP contribution in [0.2, 0.25) is 10.0 Å². The van der Waals surface area contributed by atoms with Crippen LogP contribution in [-0.4, -0.2) is 5.91 Å². The summed E-state index contributed by atoms with van der Waals surface area (Å²) in [7, 11) is 0. The van der Waals surface area contributed by atoms with Gasteiger partial charge in [0, 0.05) is 22.2 Å². The minimum atomic E-state index is -0.0511. The van der Waals surface area contributed by atoms with Crippen molar-refractivity contribution in [1.29, 1.82) is 0 Å². The fraction of sp³-hybridized carbons (Fsp3) is 0.188. The highest BCUT2D eigenvalue weighted by atomic mass is 35.5. The number of hydrogen-bond acceptors (Lipinski definition) is 1. The minimum absolute atomic E-state index is 0.0511. The molecule has 2 rings (SSSR count). The number of carbonyl (C=O) groups excluding carboxylic acids is 1. The zero-order chi connectivity index (χ0) is 14.5. The van der Waals surface area contributed by atoms with Gasteiger partial charge in [0.2, 0.25) is 5.91 Å². The predicted molar refractivity (Wildman–Crippen MR) is 84.6 cm³/mol.